The number of aromatic nitrogens is 5. The second-order valence-corrected chi connectivity index (χ2v) is 9.51. The Hall–Kier alpha value is -4.44. The summed E-state index contributed by atoms with van der Waals surface area (Å²) in [5.41, 5.74) is 6.98. The maximum absolute atomic E-state index is 13.8. The molecule has 0 saturated heterocycles. The fourth-order valence-corrected chi connectivity index (χ4v) is 4.40. The number of imidazole rings is 1. The zero-order chi connectivity index (χ0) is 27.9. The summed E-state index contributed by atoms with van der Waals surface area (Å²) in [5.74, 6) is 0.474. The van der Waals surface area contributed by atoms with Gasteiger partial charge in [-0.15, -0.1) is 0 Å². The molecule has 0 spiro atoms. The van der Waals surface area contributed by atoms with Gasteiger partial charge in [-0.25, -0.2) is 9.97 Å². The summed E-state index contributed by atoms with van der Waals surface area (Å²) in [6, 6.07) is 6.45. The summed E-state index contributed by atoms with van der Waals surface area (Å²) in [6.45, 7) is 3.94. The maximum atomic E-state index is 13.8. The van der Waals surface area contributed by atoms with Gasteiger partial charge in [-0.1, -0.05) is 6.92 Å². The lowest BCUT2D eigenvalue weighted by molar-refractivity contribution is -0.141. The van der Waals surface area contributed by atoms with Crippen molar-refractivity contribution in [1.29, 1.82) is 5.26 Å². The lowest BCUT2D eigenvalue weighted by atomic mass is 10.0. The molecular formula is C26H26F3N9O. The molecule has 0 bridgehead atoms. The molecule has 1 aliphatic carbocycles. The Labute approximate surface area is 221 Å². The number of nitrogens with two attached hydrogens (primary N) is 1. The Bertz CT molecular complexity index is 1580. The van der Waals surface area contributed by atoms with Gasteiger partial charge in [-0.3, -0.25) is 13.9 Å². The fourth-order valence-electron chi connectivity index (χ4n) is 4.40. The van der Waals surface area contributed by atoms with Gasteiger partial charge in [0.25, 0.3) is 5.91 Å². The first-order chi connectivity index (χ1) is 18.6. The number of carbonyl (C=O) groups is 1. The number of anilines is 2. The van der Waals surface area contributed by atoms with E-state index < -0.39 is 17.9 Å². The number of halogens is 3. The van der Waals surface area contributed by atoms with Crippen LogP contribution in [-0.2, 0) is 12.6 Å². The number of aryl methyl sites for hydroxylation is 1. The molecule has 0 radical (unpaired) electrons. The monoisotopic (exact) mass is 537 g/mol. The summed E-state index contributed by atoms with van der Waals surface area (Å²) in [5, 5.41) is 18.9. The molecule has 39 heavy (non-hydrogen) atoms. The summed E-state index contributed by atoms with van der Waals surface area (Å²) in [7, 11) is 0. The number of nitriles is 1. The minimum Gasteiger partial charge on any atom is -0.352 e. The van der Waals surface area contributed by atoms with Crippen molar-refractivity contribution in [3.05, 3.63) is 59.8 Å². The molecule has 1 fully saturated rings. The number of hydrogen-bond acceptors (Lipinski definition) is 7. The summed E-state index contributed by atoms with van der Waals surface area (Å²) in [4.78, 5) is 21.4. The zero-order valence-corrected chi connectivity index (χ0v) is 21.2. The third-order valence-electron chi connectivity index (χ3n) is 6.78. The van der Waals surface area contributed by atoms with Crippen LogP contribution in [0.2, 0.25) is 0 Å². The van der Waals surface area contributed by atoms with E-state index in [4.69, 9.17) is 11.0 Å². The predicted molar refractivity (Wildman–Crippen MR) is 137 cm³/mol. The molecule has 0 aliphatic heterocycles. The first-order valence-electron chi connectivity index (χ1n) is 12.4. The van der Waals surface area contributed by atoms with Crippen LogP contribution in [0.3, 0.4) is 0 Å². The van der Waals surface area contributed by atoms with Gasteiger partial charge < -0.3 is 16.4 Å². The Morgan fingerprint density at radius 1 is 1.33 bits per heavy atom. The molecule has 3 aromatic heterocycles. The van der Waals surface area contributed by atoms with Gasteiger partial charge in [0.05, 0.1) is 23.5 Å². The molecule has 1 aliphatic rings. The topological polar surface area (TPSA) is 139 Å². The van der Waals surface area contributed by atoms with Gasteiger partial charge >= 0.3 is 6.18 Å². The molecule has 1 saturated carbocycles. The Kier molecular flexibility index (Phi) is 6.73. The maximum Gasteiger partial charge on any atom is 0.435 e. The summed E-state index contributed by atoms with van der Waals surface area (Å²) in [6.07, 6.45) is 2.25. The van der Waals surface area contributed by atoms with Crippen LogP contribution in [0.5, 0.6) is 0 Å². The minimum atomic E-state index is -4.73. The molecule has 1 amide bonds. The fraction of sp³-hybridized carbons (Fsp3) is 0.346. The molecule has 5 rings (SSSR count). The van der Waals surface area contributed by atoms with Gasteiger partial charge in [-0.05, 0) is 49.4 Å². The number of alkyl halides is 3. The van der Waals surface area contributed by atoms with Crippen LogP contribution in [-0.4, -0.2) is 42.6 Å². The summed E-state index contributed by atoms with van der Waals surface area (Å²) < 4.78 is 43.9. The third-order valence-corrected chi connectivity index (χ3v) is 6.78. The smallest absolute Gasteiger partial charge is 0.352 e. The van der Waals surface area contributed by atoms with Crippen molar-refractivity contribution < 1.29 is 18.0 Å². The average Bonchev–Trinajstić information content (AvgIpc) is 3.27. The number of nitrogens with zero attached hydrogens (tertiary/aromatic N) is 6. The zero-order valence-electron chi connectivity index (χ0n) is 21.2. The lowest BCUT2D eigenvalue weighted by Gasteiger charge is -2.13. The highest BCUT2D eigenvalue weighted by Gasteiger charge is 2.39. The number of amides is 1. The van der Waals surface area contributed by atoms with Crippen LogP contribution in [0, 0.1) is 17.2 Å². The lowest BCUT2D eigenvalue weighted by Crippen LogP contribution is -2.28. The molecule has 3 heterocycles. The average molecular weight is 538 g/mol. The number of nitrogens with one attached hydrogen (secondary N) is 2. The van der Waals surface area contributed by atoms with Crippen LogP contribution in [0.4, 0.5) is 24.7 Å². The normalized spacial score (nSPS) is 17.6. The van der Waals surface area contributed by atoms with E-state index in [0.29, 0.717) is 41.6 Å². The van der Waals surface area contributed by atoms with E-state index in [0.717, 1.165) is 16.7 Å². The van der Waals surface area contributed by atoms with Crippen molar-refractivity contribution in [2.45, 2.75) is 44.9 Å². The van der Waals surface area contributed by atoms with E-state index in [-0.39, 0.29) is 23.2 Å². The molecule has 3 atom stereocenters. The SMILES string of the molecule is CCc1cc(Nc2nccn3c(-c4cn(C(C)C#N)nc4C(F)(F)F)cnc23)ccc1C(=O)NCC1CC1N. The first-order valence-corrected chi connectivity index (χ1v) is 12.4. The van der Waals surface area contributed by atoms with Crippen LogP contribution in [0.1, 0.15) is 47.9 Å². The minimum absolute atomic E-state index is 0.149. The highest BCUT2D eigenvalue weighted by Crippen LogP contribution is 2.37. The standard InChI is InChI=1S/C26H26F3N9O/c1-3-15-8-17(4-5-18(15)25(39)34-11-16-9-20(16)31)35-23-24-33-12-21(37(24)7-6-32-23)19-13-38(14(2)10-30)36-22(19)26(27,28)29/h4-8,12-14,16,20H,3,9,11,31H2,1-2H3,(H,32,35)(H,34,39). The van der Waals surface area contributed by atoms with Crippen molar-refractivity contribution >= 4 is 23.1 Å². The van der Waals surface area contributed by atoms with Crippen LogP contribution >= 0.6 is 0 Å². The van der Waals surface area contributed by atoms with Gasteiger partial charge in [-0.2, -0.15) is 23.5 Å². The molecule has 10 nitrogen and oxygen atoms in total. The van der Waals surface area contributed by atoms with Gasteiger partial charge in [0.2, 0.25) is 0 Å². The van der Waals surface area contributed by atoms with E-state index in [1.165, 1.54) is 36.1 Å². The van der Waals surface area contributed by atoms with Crippen LogP contribution < -0.4 is 16.4 Å². The Balaban J connectivity index is 1.45. The number of hydrogen-bond donors (Lipinski definition) is 3. The molecular weight excluding hydrogens is 511 g/mol. The predicted octanol–water partition coefficient (Wildman–Crippen LogP) is 4.08. The van der Waals surface area contributed by atoms with Crippen LogP contribution in [0.15, 0.2) is 43.0 Å². The molecule has 13 heteroatoms. The number of rotatable bonds is 8. The van der Waals surface area contributed by atoms with Crippen LogP contribution in [0.25, 0.3) is 16.9 Å². The Morgan fingerprint density at radius 2 is 2.10 bits per heavy atom. The van der Waals surface area contributed by atoms with Crippen molar-refractivity contribution in [3.8, 4) is 17.3 Å². The summed E-state index contributed by atoms with van der Waals surface area (Å²) >= 11 is 0. The second-order valence-electron chi connectivity index (χ2n) is 9.51. The van der Waals surface area contributed by atoms with E-state index >= 15 is 0 Å². The van der Waals surface area contributed by atoms with Crippen molar-refractivity contribution in [2.24, 2.45) is 11.7 Å². The van der Waals surface area contributed by atoms with Crippen molar-refractivity contribution in [3.63, 3.8) is 0 Å². The molecule has 1 aromatic carbocycles. The highest BCUT2D eigenvalue weighted by atomic mass is 19.4. The van der Waals surface area contributed by atoms with Crippen molar-refractivity contribution in [1.82, 2.24) is 29.5 Å². The Morgan fingerprint density at radius 3 is 2.77 bits per heavy atom. The largest absolute Gasteiger partial charge is 0.435 e. The van der Waals surface area contributed by atoms with E-state index in [1.54, 1.807) is 12.1 Å². The van der Waals surface area contributed by atoms with E-state index in [2.05, 4.69) is 25.7 Å². The highest BCUT2D eigenvalue weighted by molar-refractivity contribution is 5.96. The number of fused-ring (bicyclic) bond motifs is 1. The van der Waals surface area contributed by atoms with E-state index in [9.17, 15) is 18.0 Å². The second kappa shape index (κ2) is 10.0. The number of carbonyl (C=O) groups excluding carboxylic acids is 1. The van der Waals surface area contributed by atoms with Gasteiger partial charge in [0.1, 0.15) is 6.04 Å². The number of benzene rings is 1. The van der Waals surface area contributed by atoms with Gasteiger partial charge in [0, 0.05) is 42.4 Å². The molecule has 202 valence electrons. The van der Waals surface area contributed by atoms with Gasteiger partial charge in [0.15, 0.2) is 17.2 Å². The quantitative estimate of drug-likeness (QED) is 0.308. The molecule has 3 unspecified atom stereocenters. The molecule has 4 aromatic rings. The third kappa shape index (κ3) is 5.15. The van der Waals surface area contributed by atoms with E-state index in [1.807, 2.05) is 19.1 Å². The molecule has 4 N–H and O–H groups in total. The first kappa shape index (κ1) is 26.2. The van der Waals surface area contributed by atoms with Crippen molar-refractivity contribution in [2.75, 3.05) is 11.9 Å².